The zero-order valence-electron chi connectivity index (χ0n) is 14.0. The third-order valence-electron chi connectivity index (χ3n) is 4.25. The highest BCUT2D eigenvalue weighted by atomic mass is 16.5. The van der Waals surface area contributed by atoms with Crippen LogP contribution >= 0.6 is 0 Å². The maximum absolute atomic E-state index is 12.4. The second-order valence-corrected chi connectivity index (χ2v) is 6.14. The Balaban J connectivity index is 1.43. The molecule has 1 amide bonds. The van der Waals surface area contributed by atoms with E-state index in [0.717, 1.165) is 24.9 Å². The van der Waals surface area contributed by atoms with Crippen LogP contribution in [0.4, 0.5) is 0 Å². The molecule has 1 aliphatic rings. The SMILES string of the molecule is Cc1nc(C2CCCN(C(=O)CCOCc3ccccc3)C2)no1. The first-order valence-corrected chi connectivity index (χ1v) is 8.42. The van der Waals surface area contributed by atoms with E-state index in [9.17, 15) is 4.79 Å². The van der Waals surface area contributed by atoms with Gasteiger partial charge in [-0.3, -0.25) is 4.79 Å². The summed E-state index contributed by atoms with van der Waals surface area (Å²) in [6.45, 7) is 4.22. The predicted molar refractivity (Wildman–Crippen MR) is 88.3 cm³/mol. The molecule has 2 aromatic rings. The lowest BCUT2D eigenvalue weighted by atomic mass is 9.97. The average molecular weight is 329 g/mol. The molecule has 1 unspecified atom stereocenters. The van der Waals surface area contributed by atoms with Crippen molar-refractivity contribution in [2.75, 3.05) is 19.7 Å². The summed E-state index contributed by atoms with van der Waals surface area (Å²) in [5, 5.41) is 3.99. The molecule has 1 fully saturated rings. The number of hydrogen-bond donors (Lipinski definition) is 0. The molecule has 1 saturated heterocycles. The standard InChI is InChI=1S/C18H23N3O3/c1-14-19-18(20-24-14)16-8-5-10-21(12-16)17(22)9-11-23-13-15-6-3-2-4-7-15/h2-4,6-7,16H,5,8-13H2,1H3. The van der Waals surface area contributed by atoms with Gasteiger partial charge < -0.3 is 14.2 Å². The highest BCUT2D eigenvalue weighted by Gasteiger charge is 2.27. The number of aryl methyl sites for hydroxylation is 1. The molecule has 0 aliphatic carbocycles. The van der Waals surface area contributed by atoms with Crippen molar-refractivity contribution in [2.45, 2.75) is 38.7 Å². The van der Waals surface area contributed by atoms with E-state index >= 15 is 0 Å². The Bertz CT molecular complexity index is 657. The first-order chi connectivity index (χ1) is 11.7. The molecular weight excluding hydrogens is 306 g/mol. The van der Waals surface area contributed by atoms with Gasteiger partial charge in [0.25, 0.3) is 0 Å². The molecule has 1 aromatic carbocycles. The molecule has 0 saturated carbocycles. The van der Waals surface area contributed by atoms with E-state index in [-0.39, 0.29) is 11.8 Å². The molecule has 24 heavy (non-hydrogen) atoms. The van der Waals surface area contributed by atoms with Crippen molar-refractivity contribution in [1.29, 1.82) is 0 Å². The molecule has 2 heterocycles. The van der Waals surface area contributed by atoms with Crippen molar-refractivity contribution < 1.29 is 14.1 Å². The summed E-state index contributed by atoms with van der Waals surface area (Å²) in [5.74, 6) is 1.59. The van der Waals surface area contributed by atoms with Crippen molar-refractivity contribution in [3.8, 4) is 0 Å². The maximum atomic E-state index is 12.4. The summed E-state index contributed by atoms with van der Waals surface area (Å²) in [7, 11) is 0. The fourth-order valence-corrected chi connectivity index (χ4v) is 2.98. The first kappa shape index (κ1) is 16.6. The van der Waals surface area contributed by atoms with Gasteiger partial charge in [0.15, 0.2) is 5.82 Å². The zero-order chi connectivity index (χ0) is 16.8. The fourth-order valence-electron chi connectivity index (χ4n) is 2.98. The van der Waals surface area contributed by atoms with Crippen molar-refractivity contribution in [3.05, 3.63) is 47.6 Å². The number of hydrogen-bond acceptors (Lipinski definition) is 5. The second-order valence-electron chi connectivity index (χ2n) is 6.14. The number of ether oxygens (including phenoxy) is 1. The minimum Gasteiger partial charge on any atom is -0.376 e. The van der Waals surface area contributed by atoms with Gasteiger partial charge in [0.1, 0.15) is 0 Å². The molecule has 1 aromatic heterocycles. The van der Waals surface area contributed by atoms with Gasteiger partial charge in [0, 0.05) is 25.9 Å². The lowest BCUT2D eigenvalue weighted by Crippen LogP contribution is -2.39. The van der Waals surface area contributed by atoms with Crippen LogP contribution in [0.1, 0.15) is 42.5 Å². The van der Waals surface area contributed by atoms with Gasteiger partial charge in [0.05, 0.1) is 19.6 Å². The Kier molecular flexibility index (Phi) is 5.59. The van der Waals surface area contributed by atoms with Gasteiger partial charge in [-0.25, -0.2) is 0 Å². The number of aromatic nitrogens is 2. The lowest BCUT2D eigenvalue weighted by Gasteiger charge is -2.31. The molecule has 0 radical (unpaired) electrons. The molecule has 6 heteroatoms. The average Bonchev–Trinajstić information content (AvgIpc) is 3.06. The van der Waals surface area contributed by atoms with Crippen LogP contribution in [0, 0.1) is 6.92 Å². The van der Waals surface area contributed by atoms with Gasteiger partial charge in [-0.05, 0) is 18.4 Å². The van der Waals surface area contributed by atoms with Crippen LogP contribution in [0.5, 0.6) is 0 Å². The van der Waals surface area contributed by atoms with E-state index in [4.69, 9.17) is 9.26 Å². The van der Waals surface area contributed by atoms with Gasteiger partial charge in [-0.1, -0.05) is 35.5 Å². The quantitative estimate of drug-likeness (QED) is 0.762. The zero-order valence-corrected chi connectivity index (χ0v) is 14.0. The first-order valence-electron chi connectivity index (χ1n) is 8.42. The van der Waals surface area contributed by atoms with E-state index in [1.807, 2.05) is 35.2 Å². The molecular formula is C18H23N3O3. The molecule has 1 aliphatic heterocycles. The summed E-state index contributed by atoms with van der Waals surface area (Å²) in [6, 6.07) is 9.98. The number of piperidine rings is 1. The predicted octanol–water partition coefficient (Wildman–Crippen LogP) is 2.69. The summed E-state index contributed by atoms with van der Waals surface area (Å²) < 4.78 is 10.7. The summed E-state index contributed by atoms with van der Waals surface area (Å²) in [4.78, 5) is 18.6. The van der Waals surface area contributed by atoms with Crippen LogP contribution in [-0.4, -0.2) is 40.6 Å². The van der Waals surface area contributed by atoms with Crippen LogP contribution < -0.4 is 0 Å². The normalized spacial score (nSPS) is 17.9. The number of carbonyl (C=O) groups excluding carboxylic acids is 1. The molecule has 128 valence electrons. The van der Waals surface area contributed by atoms with Gasteiger partial charge in [0.2, 0.25) is 11.8 Å². The number of carbonyl (C=O) groups is 1. The fraction of sp³-hybridized carbons (Fsp3) is 0.500. The van der Waals surface area contributed by atoms with E-state index in [1.165, 1.54) is 0 Å². The summed E-state index contributed by atoms with van der Waals surface area (Å²) >= 11 is 0. The Morgan fingerprint density at radius 3 is 2.96 bits per heavy atom. The van der Waals surface area contributed by atoms with Crippen molar-refractivity contribution >= 4 is 5.91 Å². The largest absolute Gasteiger partial charge is 0.376 e. The maximum Gasteiger partial charge on any atom is 0.224 e. The van der Waals surface area contributed by atoms with Gasteiger partial charge in [-0.15, -0.1) is 0 Å². The van der Waals surface area contributed by atoms with E-state index in [0.29, 0.717) is 37.9 Å². The smallest absolute Gasteiger partial charge is 0.224 e. The van der Waals surface area contributed by atoms with E-state index < -0.39 is 0 Å². The molecule has 0 N–H and O–H groups in total. The third-order valence-corrected chi connectivity index (χ3v) is 4.25. The van der Waals surface area contributed by atoms with Crippen molar-refractivity contribution in [3.63, 3.8) is 0 Å². The monoisotopic (exact) mass is 329 g/mol. The highest BCUT2D eigenvalue weighted by Crippen LogP contribution is 2.25. The number of likely N-dealkylation sites (tertiary alicyclic amines) is 1. The molecule has 6 nitrogen and oxygen atoms in total. The highest BCUT2D eigenvalue weighted by molar-refractivity contribution is 5.76. The molecule has 0 spiro atoms. The van der Waals surface area contributed by atoms with Crippen molar-refractivity contribution in [1.82, 2.24) is 15.0 Å². The minimum atomic E-state index is 0.132. The van der Waals surface area contributed by atoms with E-state index in [1.54, 1.807) is 6.92 Å². The number of rotatable bonds is 6. The Hall–Kier alpha value is -2.21. The van der Waals surface area contributed by atoms with Crippen LogP contribution in [-0.2, 0) is 16.1 Å². The van der Waals surface area contributed by atoms with E-state index in [2.05, 4.69) is 10.1 Å². The van der Waals surface area contributed by atoms with Gasteiger partial charge >= 0.3 is 0 Å². The molecule has 3 rings (SSSR count). The minimum absolute atomic E-state index is 0.132. The third kappa shape index (κ3) is 4.41. The van der Waals surface area contributed by atoms with Crippen LogP contribution in [0.25, 0.3) is 0 Å². The van der Waals surface area contributed by atoms with Gasteiger partial charge in [-0.2, -0.15) is 4.98 Å². The van der Waals surface area contributed by atoms with Crippen molar-refractivity contribution in [2.24, 2.45) is 0 Å². The molecule has 0 bridgehead atoms. The molecule has 1 atom stereocenters. The number of nitrogens with zero attached hydrogens (tertiary/aromatic N) is 3. The number of amides is 1. The Morgan fingerprint density at radius 1 is 1.38 bits per heavy atom. The van der Waals surface area contributed by atoms with Crippen LogP contribution in [0.2, 0.25) is 0 Å². The Morgan fingerprint density at radius 2 is 2.21 bits per heavy atom. The summed E-state index contributed by atoms with van der Waals surface area (Å²) in [5.41, 5.74) is 1.12. The number of benzene rings is 1. The van der Waals surface area contributed by atoms with Crippen LogP contribution in [0.3, 0.4) is 0 Å². The summed E-state index contributed by atoms with van der Waals surface area (Å²) in [6.07, 6.45) is 2.37. The Labute approximate surface area is 141 Å². The lowest BCUT2D eigenvalue weighted by molar-refractivity contribution is -0.133. The van der Waals surface area contributed by atoms with Crippen LogP contribution in [0.15, 0.2) is 34.9 Å². The second kappa shape index (κ2) is 8.06. The topological polar surface area (TPSA) is 68.5 Å².